The summed E-state index contributed by atoms with van der Waals surface area (Å²) in [5.74, 6) is 1.33. The van der Waals surface area contributed by atoms with Gasteiger partial charge in [-0.3, -0.25) is 0 Å². The minimum absolute atomic E-state index is 0.148. The van der Waals surface area contributed by atoms with Crippen molar-refractivity contribution in [2.45, 2.75) is 39.3 Å². The van der Waals surface area contributed by atoms with Gasteiger partial charge in [-0.15, -0.1) is 0 Å². The van der Waals surface area contributed by atoms with Crippen molar-refractivity contribution in [3.8, 4) is 11.5 Å². The zero-order chi connectivity index (χ0) is 23.3. The van der Waals surface area contributed by atoms with Gasteiger partial charge >= 0.3 is 6.03 Å². The van der Waals surface area contributed by atoms with Crippen LogP contribution in [0.4, 0.5) is 10.5 Å². The molecule has 0 bridgehead atoms. The number of benzene rings is 2. The summed E-state index contributed by atoms with van der Waals surface area (Å²) in [7, 11) is 3.24. The maximum absolute atomic E-state index is 13.3. The summed E-state index contributed by atoms with van der Waals surface area (Å²) in [6.07, 6.45) is 0.724. The lowest BCUT2D eigenvalue weighted by molar-refractivity contribution is 0.182. The quantitative estimate of drug-likeness (QED) is 0.570. The number of hydrogen-bond donors (Lipinski definition) is 3. The van der Waals surface area contributed by atoms with Crippen LogP contribution in [0.25, 0.3) is 0 Å². The van der Waals surface area contributed by atoms with Crippen molar-refractivity contribution >= 4 is 29.0 Å². The van der Waals surface area contributed by atoms with Crippen LogP contribution in [-0.2, 0) is 6.42 Å². The van der Waals surface area contributed by atoms with E-state index in [1.54, 1.807) is 14.2 Å². The first kappa shape index (κ1) is 23.7. The monoisotopic (exact) mass is 456 g/mol. The second-order valence-corrected chi connectivity index (χ2v) is 8.58. The summed E-state index contributed by atoms with van der Waals surface area (Å²) < 4.78 is 11.0. The molecule has 1 aliphatic heterocycles. The summed E-state index contributed by atoms with van der Waals surface area (Å²) in [5.41, 5.74) is 4.02. The number of fused-ring (bicyclic) bond motifs is 1. The number of aryl methyl sites for hydroxylation is 1. The zero-order valence-electron chi connectivity index (χ0n) is 19.3. The largest absolute Gasteiger partial charge is 0.493 e. The first-order valence-corrected chi connectivity index (χ1v) is 11.2. The van der Waals surface area contributed by atoms with E-state index in [4.69, 9.17) is 21.7 Å². The van der Waals surface area contributed by atoms with Crippen molar-refractivity contribution in [3.63, 3.8) is 0 Å². The van der Waals surface area contributed by atoms with Crippen LogP contribution in [0.15, 0.2) is 36.4 Å². The van der Waals surface area contributed by atoms with Crippen LogP contribution >= 0.6 is 12.2 Å². The van der Waals surface area contributed by atoms with Gasteiger partial charge in [-0.2, -0.15) is 0 Å². The van der Waals surface area contributed by atoms with Crippen molar-refractivity contribution in [1.82, 2.24) is 15.5 Å². The number of ether oxygens (including phenoxy) is 2. The Morgan fingerprint density at radius 3 is 2.56 bits per heavy atom. The topological polar surface area (TPSA) is 74.9 Å². The number of amides is 2. The predicted molar refractivity (Wildman–Crippen MR) is 132 cm³/mol. The van der Waals surface area contributed by atoms with E-state index in [0.29, 0.717) is 29.7 Å². The smallest absolute Gasteiger partial charge is 0.322 e. The van der Waals surface area contributed by atoms with Gasteiger partial charge < -0.3 is 30.3 Å². The van der Waals surface area contributed by atoms with Gasteiger partial charge in [-0.1, -0.05) is 12.1 Å². The SMILES string of the molecule is COc1cc2c(cc1OC)C(CNC(=S)NC(C)C)N(C(=O)Nc1cccc(C)c1)CC2. The van der Waals surface area contributed by atoms with Crippen molar-refractivity contribution in [2.75, 3.05) is 32.6 Å². The molecule has 172 valence electrons. The molecule has 0 saturated carbocycles. The highest BCUT2D eigenvalue weighted by Crippen LogP contribution is 2.38. The number of carbonyl (C=O) groups is 1. The molecule has 32 heavy (non-hydrogen) atoms. The Morgan fingerprint density at radius 1 is 1.19 bits per heavy atom. The van der Waals surface area contributed by atoms with Gasteiger partial charge in [0.25, 0.3) is 0 Å². The first-order valence-electron chi connectivity index (χ1n) is 10.8. The average Bonchev–Trinajstić information content (AvgIpc) is 2.75. The number of carbonyl (C=O) groups excluding carboxylic acids is 1. The minimum Gasteiger partial charge on any atom is -0.493 e. The summed E-state index contributed by atoms with van der Waals surface area (Å²) in [6.45, 7) is 7.12. The van der Waals surface area contributed by atoms with E-state index in [1.807, 2.05) is 62.1 Å². The van der Waals surface area contributed by atoms with Crippen LogP contribution in [0.3, 0.4) is 0 Å². The highest BCUT2D eigenvalue weighted by Gasteiger charge is 2.32. The molecule has 1 unspecified atom stereocenters. The summed E-state index contributed by atoms with van der Waals surface area (Å²) in [4.78, 5) is 15.1. The van der Waals surface area contributed by atoms with Crippen molar-refractivity contribution < 1.29 is 14.3 Å². The molecular weight excluding hydrogens is 424 g/mol. The van der Waals surface area contributed by atoms with Gasteiger partial charge in [0, 0.05) is 24.8 Å². The Labute approximate surface area is 195 Å². The number of nitrogens with zero attached hydrogens (tertiary/aromatic N) is 1. The Kier molecular flexibility index (Phi) is 7.80. The molecule has 0 saturated heterocycles. The number of hydrogen-bond acceptors (Lipinski definition) is 4. The lowest BCUT2D eigenvalue weighted by atomic mass is 9.92. The molecule has 0 fully saturated rings. The highest BCUT2D eigenvalue weighted by atomic mass is 32.1. The molecule has 0 aromatic heterocycles. The lowest BCUT2D eigenvalue weighted by Crippen LogP contribution is -2.48. The minimum atomic E-state index is -0.227. The molecule has 8 heteroatoms. The molecule has 0 spiro atoms. The Balaban J connectivity index is 1.89. The van der Waals surface area contributed by atoms with E-state index in [-0.39, 0.29) is 18.1 Å². The van der Waals surface area contributed by atoms with Crippen LogP contribution in [0.5, 0.6) is 11.5 Å². The van der Waals surface area contributed by atoms with Gasteiger partial charge in [0.05, 0.1) is 20.3 Å². The second kappa shape index (κ2) is 10.5. The molecule has 2 aromatic carbocycles. The maximum Gasteiger partial charge on any atom is 0.322 e. The predicted octanol–water partition coefficient (Wildman–Crippen LogP) is 4.02. The Bertz CT molecular complexity index is 980. The summed E-state index contributed by atoms with van der Waals surface area (Å²) >= 11 is 5.42. The maximum atomic E-state index is 13.3. The van der Waals surface area contributed by atoms with E-state index in [0.717, 1.165) is 28.8 Å². The third kappa shape index (κ3) is 5.62. The fourth-order valence-corrected chi connectivity index (χ4v) is 4.23. The van der Waals surface area contributed by atoms with E-state index in [1.165, 1.54) is 0 Å². The molecule has 1 aliphatic rings. The number of thiocarbonyl (C=S) groups is 1. The fourth-order valence-electron chi connectivity index (χ4n) is 3.91. The van der Waals surface area contributed by atoms with Crippen LogP contribution in [-0.4, -0.2) is 49.4 Å². The molecule has 1 atom stereocenters. The molecule has 1 heterocycles. The first-order chi connectivity index (χ1) is 15.3. The standard InChI is InChI=1S/C24H32N4O3S/c1-15(2)26-23(32)25-14-20-19-13-22(31-5)21(30-4)12-17(19)9-10-28(20)24(29)27-18-8-6-7-16(3)11-18/h6-8,11-13,15,20H,9-10,14H2,1-5H3,(H,27,29)(H2,25,26,32). The molecule has 2 amide bonds. The van der Waals surface area contributed by atoms with Gasteiger partial charge in [0.1, 0.15) is 0 Å². The van der Waals surface area contributed by atoms with Gasteiger partial charge in [-0.25, -0.2) is 4.79 Å². The summed E-state index contributed by atoms with van der Waals surface area (Å²) in [6, 6.07) is 11.6. The molecular formula is C24H32N4O3S. The zero-order valence-corrected chi connectivity index (χ0v) is 20.1. The van der Waals surface area contributed by atoms with Gasteiger partial charge in [0.2, 0.25) is 0 Å². The third-order valence-corrected chi connectivity index (χ3v) is 5.67. The molecule has 0 radical (unpaired) electrons. The average molecular weight is 457 g/mol. The van der Waals surface area contributed by atoms with Crippen molar-refractivity contribution in [1.29, 1.82) is 0 Å². The summed E-state index contributed by atoms with van der Waals surface area (Å²) in [5, 5.41) is 10.1. The highest BCUT2D eigenvalue weighted by molar-refractivity contribution is 7.80. The second-order valence-electron chi connectivity index (χ2n) is 8.17. The van der Waals surface area contributed by atoms with E-state index in [2.05, 4.69) is 16.0 Å². The lowest BCUT2D eigenvalue weighted by Gasteiger charge is -2.38. The van der Waals surface area contributed by atoms with Gasteiger partial charge in [0.15, 0.2) is 16.6 Å². The molecule has 7 nitrogen and oxygen atoms in total. The normalized spacial score (nSPS) is 15.1. The van der Waals surface area contributed by atoms with Crippen LogP contribution < -0.4 is 25.4 Å². The van der Waals surface area contributed by atoms with E-state index >= 15 is 0 Å². The van der Waals surface area contributed by atoms with Crippen molar-refractivity contribution in [2.24, 2.45) is 0 Å². The molecule has 2 aromatic rings. The van der Waals surface area contributed by atoms with Crippen LogP contribution in [0.2, 0.25) is 0 Å². The number of rotatable bonds is 6. The molecule has 0 aliphatic carbocycles. The van der Waals surface area contributed by atoms with E-state index < -0.39 is 0 Å². The van der Waals surface area contributed by atoms with Gasteiger partial charge in [-0.05, 0) is 80.4 Å². The van der Waals surface area contributed by atoms with E-state index in [9.17, 15) is 4.79 Å². The number of anilines is 1. The van der Waals surface area contributed by atoms with Crippen molar-refractivity contribution in [3.05, 3.63) is 53.1 Å². The fraction of sp³-hybridized carbons (Fsp3) is 0.417. The van der Waals surface area contributed by atoms with Crippen LogP contribution in [0, 0.1) is 6.92 Å². The van der Waals surface area contributed by atoms with Crippen LogP contribution in [0.1, 0.15) is 36.6 Å². The Morgan fingerprint density at radius 2 is 1.91 bits per heavy atom. The third-order valence-electron chi connectivity index (χ3n) is 5.41. The molecule has 3 rings (SSSR count). The number of methoxy groups -OCH3 is 2. The Hall–Kier alpha value is -3.00. The number of urea groups is 1. The molecule has 3 N–H and O–H groups in total. The number of nitrogens with one attached hydrogen (secondary N) is 3.